The van der Waals surface area contributed by atoms with Crippen LogP contribution in [0.15, 0.2) is 18.2 Å². The van der Waals surface area contributed by atoms with Gasteiger partial charge in [-0.2, -0.15) is 17.6 Å². The number of hydrazine groups is 1. The Morgan fingerprint density at radius 1 is 1.06 bits per heavy atom. The number of anilines is 1. The lowest BCUT2D eigenvalue weighted by Gasteiger charge is -2.12. The Kier molecular flexibility index (Phi) is 4.18. The minimum atomic E-state index is -3.03. The molecule has 0 amide bonds. The van der Waals surface area contributed by atoms with Crippen molar-refractivity contribution >= 4 is 5.69 Å². The minimum absolute atomic E-state index is 0.0848. The van der Waals surface area contributed by atoms with Crippen molar-refractivity contribution in [2.45, 2.75) is 13.2 Å². The first-order chi connectivity index (χ1) is 7.52. The summed E-state index contributed by atoms with van der Waals surface area (Å²) in [5.41, 5.74) is 1.95. The molecule has 0 aliphatic carbocycles. The molecule has 8 heteroatoms. The van der Waals surface area contributed by atoms with Crippen LogP contribution in [0.5, 0.6) is 11.5 Å². The molecule has 3 N–H and O–H groups in total. The Labute approximate surface area is 87.9 Å². The number of benzene rings is 1. The zero-order chi connectivity index (χ0) is 12.1. The smallest absolute Gasteiger partial charge is 0.387 e. The van der Waals surface area contributed by atoms with E-state index < -0.39 is 13.2 Å². The van der Waals surface area contributed by atoms with Gasteiger partial charge in [0.2, 0.25) is 0 Å². The second-order valence-corrected chi connectivity index (χ2v) is 2.56. The second kappa shape index (κ2) is 5.40. The number of nitrogens with one attached hydrogen (secondary N) is 1. The van der Waals surface area contributed by atoms with E-state index in [0.29, 0.717) is 0 Å². The van der Waals surface area contributed by atoms with Gasteiger partial charge in [0.25, 0.3) is 0 Å². The number of ether oxygens (including phenoxy) is 2. The van der Waals surface area contributed by atoms with Gasteiger partial charge in [-0.25, -0.2) is 0 Å². The molecular weight excluding hydrogens is 232 g/mol. The average Bonchev–Trinajstić information content (AvgIpc) is 2.18. The zero-order valence-electron chi connectivity index (χ0n) is 7.79. The molecule has 0 heterocycles. The summed E-state index contributed by atoms with van der Waals surface area (Å²) in [5.74, 6) is 4.53. The third-order valence-corrected chi connectivity index (χ3v) is 1.55. The Morgan fingerprint density at radius 3 is 2.19 bits per heavy atom. The topological polar surface area (TPSA) is 56.5 Å². The number of hydrogen-bond donors (Lipinski definition) is 2. The SMILES string of the molecule is NNc1cc(OC(F)F)ccc1OC(F)F. The highest BCUT2D eigenvalue weighted by Crippen LogP contribution is 2.30. The fraction of sp³-hybridized carbons (Fsp3) is 0.250. The van der Waals surface area contributed by atoms with E-state index in [2.05, 4.69) is 9.47 Å². The van der Waals surface area contributed by atoms with Crippen molar-refractivity contribution in [3.05, 3.63) is 18.2 Å². The van der Waals surface area contributed by atoms with Crippen molar-refractivity contribution in [1.82, 2.24) is 0 Å². The van der Waals surface area contributed by atoms with E-state index in [0.717, 1.165) is 18.2 Å². The van der Waals surface area contributed by atoms with Crippen LogP contribution in [-0.4, -0.2) is 13.2 Å². The van der Waals surface area contributed by atoms with Gasteiger partial charge in [-0.1, -0.05) is 0 Å². The van der Waals surface area contributed by atoms with Crippen molar-refractivity contribution in [2.75, 3.05) is 5.43 Å². The third kappa shape index (κ3) is 3.46. The van der Waals surface area contributed by atoms with Gasteiger partial charge in [0.1, 0.15) is 5.75 Å². The van der Waals surface area contributed by atoms with E-state index in [1.807, 2.05) is 5.43 Å². The van der Waals surface area contributed by atoms with Crippen LogP contribution in [0, 0.1) is 0 Å². The molecule has 16 heavy (non-hydrogen) atoms. The normalized spacial score (nSPS) is 10.7. The van der Waals surface area contributed by atoms with Gasteiger partial charge in [0.05, 0.1) is 5.69 Å². The monoisotopic (exact) mass is 240 g/mol. The lowest BCUT2D eigenvalue weighted by atomic mass is 10.3. The fourth-order valence-electron chi connectivity index (χ4n) is 0.997. The predicted octanol–water partition coefficient (Wildman–Crippen LogP) is 2.17. The molecule has 0 unspecified atom stereocenters. The number of rotatable bonds is 5. The van der Waals surface area contributed by atoms with Crippen molar-refractivity contribution in [1.29, 1.82) is 0 Å². The summed E-state index contributed by atoms with van der Waals surface area (Å²) < 4.78 is 55.6. The molecule has 0 radical (unpaired) electrons. The Balaban J connectivity index is 2.88. The molecule has 0 atom stereocenters. The van der Waals surface area contributed by atoms with Crippen LogP contribution in [0.3, 0.4) is 0 Å². The maximum absolute atomic E-state index is 11.9. The van der Waals surface area contributed by atoms with Crippen LogP contribution in [0.4, 0.5) is 23.2 Å². The van der Waals surface area contributed by atoms with E-state index in [1.54, 1.807) is 0 Å². The second-order valence-electron chi connectivity index (χ2n) is 2.56. The van der Waals surface area contributed by atoms with Crippen LogP contribution in [0.25, 0.3) is 0 Å². The average molecular weight is 240 g/mol. The summed E-state index contributed by atoms with van der Waals surface area (Å²) in [6, 6.07) is 3.12. The summed E-state index contributed by atoms with van der Waals surface area (Å²) in [7, 11) is 0. The van der Waals surface area contributed by atoms with Crippen LogP contribution in [-0.2, 0) is 0 Å². The number of hydrogen-bond acceptors (Lipinski definition) is 4. The first-order valence-electron chi connectivity index (χ1n) is 4.03. The van der Waals surface area contributed by atoms with Crippen LogP contribution in [0.1, 0.15) is 0 Å². The summed E-state index contributed by atoms with van der Waals surface area (Å²) in [6.45, 7) is -6.04. The molecule has 1 aromatic rings. The lowest BCUT2D eigenvalue weighted by Crippen LogP contribution is -2.11. The van der Waals surface area contributed by atoms with E-state index in [-0.39, 0.29) is 17.2 Å². The molecule has 0 aromatic heterocycles. The van der Waals surface area contributed by atoms with Crippen LogP contribution >= 0.6 is 0 Å². The molecule has 4 nitrogen and oxygen atoms in total. The zero-order valence-corrected chi connectivity index (χ0v) is 7.79. The van der Waals surface area contributed by atoms with Gasteiger partial charge in [0.15, 0.2) is 5.75 Å². The highest BCUT2D eigenvalue weighted by Gasteiger charge is 2.12. The number of halogens is 4. The molecule has 0 aliphatic rings. The molecule has 0 aliphatic heterocycles. The Hall–Kier alpha value is -1.70. The predicted molar refractivity (Wildman–Crippen MR) is 47.5 cm³/mol. The Bertz CT molecular complexity index is 349. The summed E-state index contributed by atoms with van der Waals surface area (Å²) in [6.07, 6.45) is 0. The van der Waals surface area contributed by atoms with Gasteiger partial charge in [0, 0.05) is 6.07 Å². The molecule has 1 rings (SSSR count). The fourth-order valence-corrected chi connectivity index (χ4v) is 0.997. The number of nitrogen functional groups attached to an aromatic ring is 1. The molecular formula is C8H8F4N2O2. The molecule has 1 aromatic carbocycles. The summed E-state index contributed by atoms with van der Waals surface area (Å²) >= 11 is 0. The standard InChI is InChI=1S/C8H8F4N2O2/c9-7(10)15-4-1-2-6(16-8(11)12)5(3-4)14-13/h1-3,7-8,14H,13H2. The van der Waals surface area contributed by atoms with E-state index >= 15 is 0 Å². The molecule has 90 valence electrons. The minimum Gasteiger partial charge on any atom is -0.435 e. The summed E-state index contributed by atoms with van der Waals surface area (Å²) in [4.78, 5) is 0. The molecule has 0 bridgehead atoms. The van der Waals surface area contributed by atoms with Crippen LogP contribution in [0.2, 0.25) is 0 Å². The Morgan fingerprint density at radius 2 is 1.69 bits per heavy atom. The highest BCUT2D eigenvalue weighted by atomic mass is 19.3. The van der Waals surface area contributed by atoms with E-state index in [4.69, 9.17) is 5.84 Å². The van der Waals surface area contributed by atoms with Gasteiger partial charge in [-0.15, -0.1) is 0 Å². The lowest BCUT2D eigenvalue weighted by molar-refractivity contribution is -0.0526. The van der Waals surface area contributed by atoms with Crippen molar-refractivity contribution in [3.8, 4) is 11.5 Å². The highest BCUT2D eigenvalue weighted by molar-refractivity contribution is 5.59. The van der Waals surface area contributed by atoms with Gasteiger partial charge in [-0.3, -0.25) is 5.84 Å². The van der Waals surface area contributed by atoms with Gasteiger partial charge in [-0.05, 0) is 12.1 Å². The number of alkyl halides is 4. The number of nitrogens with two attached hydrogens (primary N) is 1. The molecule has 0 saturated carbocycles. The van der Waals surface area contributed by atoms with E-state index in [9.17, 15) is 17.6 Å². The molecule has 0 spiro atoms. The summed E-state index contributed by atoms with van der Waals surface area (Å²) in [5, 5.41) is 0. The van der Waals surface area contributed by atoms with Crippen LogP contribution < -0.4 is 20.7 Å². The van der Waals surface area contributed by atoms with E-state index in [1.165, 1.54) is 0 Å². The maximum Gasteiger partial charge on any atom is 0.387 e. The maximum atomic E-state index is 11.9. The molecule has 0 fully saturated rings. The third-order valence-electron chi connectivity index (χ3n) is 1.55. The van der Waals surface area contributed by atoms with Crippen molar-refractivity contribution < 1.29 is 27.0 Å². The molecule has 0 saturated heterocycles. The first-order valence-corrected chi connectivity index (χ1v) is 4.03. The quantitative estimate of drug-likeness (QED) is 0.470. The first kappa shape index (κ1) is 12.4. The van der Waals surface area contributed by atoms with Gasteiger partial charge >= 0.3 is 13.2 Å². The van der Waals surface area contributed by atoms with Gasteiger partial charge < -0.3 is 14.9 Å². The van der Waals surface area contributed by atoms with Crippen molar-refractivity contribution in [2.24, 2.45) is 5.84 Å². The van der Waals surface area contributed by atoms with Crippen molar-refractivity contribution in [3.63, 3.8) is 0 Å². The largest absolute Gasteiger partial charge is 0.435 e.